The molecule has 2 aliphatic rings. The number of benzene rings is 2. The number of ether oxygens (including phenoxy) is 2. The van der Waals surface area contributed by atoms with E-state index in [4.69, 9.17) is 9.47 Å². The van der Waals surface area contributed by atoms with Gasteiger partial charge in [-0.05, 0) is 30.3 Å². The fraction of sp³-hybridized carbons (Fsp3) is 0.261. The number of hydrogen-bond donors (Lipinski definition) is 3. The lowest BCUT2D eigenvalue weighted by Gasteiger charge is -2.18. The van der Waals surface area contributed by atoms with Crippen molar-refractivity contribution in [2.45, 2.75) is 24.3 Å². The molecule has 0 aliphatic carbocycles. The molecule has 164 valence electrons. The number of halogens is 1. The van der Waals surface area contributed by atoms with Gasteiger partial charge in [0.15, 0.2) is 0 Å². The first-order chi connectivity index (χ1) is 15.7. The first kappa shape index (κ1) is 20.3. The predicted octanol–water partition coefficient (Wildman–Crippen LogP) is 3.05. The number of rotatable bonds is 5. The normalized spacial score (nSPS) is 24.0. The van der Waals surface area contributed by atoms with Crippen molar-refractivity contribution >= 4 is 17.7 Å². The number of nitrogens with zero attached hydrogens (tertiary/aromatic N) is 2. The van der Waals surface area contributed by atoms with Gasteiger partial charge in [0.2, 0.25) is 5.95 Å². The molecule has 3 heterocycles. The highest BCUT2D eigenvalue weighted by molar-refractivity contribution is 5.89. The molecule has 0 spiro atoms. The number of fused-ring (bicyclic) bond motifs is 1. The van der Waals surface area contributed by atoms with Gasteiger partial charge >= 0.3 is 6.03 Å². The minimum atomic E-state index is -0.322. The van der Waals surface area contributed by atoms with Crippen LogP contribution >= 0.6 is 0 Å². The van der Waals surface area contributed by atoms with Crippen LogP contribution in [0.4, 0.5) is 20.8 Å². The van der Waals surface area contributed by atoms with Crippen LogP contribution in [-0.2, 0) is 9.47 Å². The molecule has 0 bridgehead atoms. The zero-order chi connectivity index (χ0) is 21.9. The first-order valence-electron chi connectivity index (χ1n) is 10.4. The Balaban J connectivity index is 1.21. The lowest BCUT2D eigenvalue weighted by Crippen LogP contribution is -2.46. The average Bonchev–Trinajstić information content (AvgIpc) is 3.38. The highest BCUT2D eigenvalue weighted by Gasteiger charge is 2.48. The lowest BCUT2D eigenvalue weighted by atomic mass is 10.1. The van der Waals surface area contributed by atoms with Gasteiger partial charge in [0.1, 0.15) is 18.0 Å². The van der Waals surface area contributed by atoms with Gasteiger partial charge in [0.05, 0.1) is 31.0 Å². The molecule has 2 aliphatic heterocycles. The highest BCUT2D eigenvalue weighted by atomic mass is 19.1. The number of hydrogen-bond acceptors (Lipinski definition) is 6. The van der Waals surface area contributed by atoms with Gasteiger partial charge in [0, 0.05) is 17.4 Å². The third-order valence-corrected chi connectivity index (χ3v) is 5.49. The molecule has 2 fully saturated rings. The Kier molecular flexibility index (Phi) is 5.66. The predicted molar refractivity (Wildman–Crippen MR) is 117 cm³/mol. The Bertz CT molecular complexity index is 1100. The summed E-state index contributed by atoms with van der Waals surface area (Å²) < 4.78 is 25.4. The van der Waals surface area contributed by atoms with Crippen LogP contribution < -0.4 is 16.0 Å². The molecule has 32 heavy (non-hydrogen) atoms. The van der Waals surface area contributed by atoms with Gasteiger partial charge in [0.25, 0.3) is 0 Å². The zero-order valence-corrected chi connectivity index (χ0v) is 17.1. The molecule has 2 amide bonds. The molecule has 2 aromatic carbocycles. The maximum Gasteiger partial charge on any atom is 0.319 e. The minimum absolute atomic E-state index is 0.174. The van der Waals surface area contributed by atoms with Gasteiger partial charge in [-0.15, -0.1) is 0 Å². The van der Waals surface area contributed by atoms with Crippen LogP contribution in [0.5, 0.6) is 0 Å². The van der Waals surface area contributed by atoms with Crippen LogP contribution in [0.15, 0.2) is 66.9 Å². The smallest absolute Gasteiger partial charge is 0.319 e. The van der Waals surface area contributed by atoms with E-state index in [2.05, 4.69) is 25.9 Å². The van der Waals surface area contributed by atoms with Crippen molar-refractivity contribution in [3.63, 3.8) is 0 Å². The molecule has 8 nitrogen and oxygen atoms in total. The van der Waals surface area contributed by atoms with Crippen molar-refractivity contribution in [1.29, 1.82) is 0 Å². The number of urea groups is 1. The second-order valence-corrected chi connectivity index (χ2v) is 7.69. The van der Waals surface area contributed by atoms with Gasteiger partial charge in [-0.25, -0.2) is 19.2 Å². The molecular formula is C23H22FN5O3. The second kappa shape index (κ2) is 8.89. The molecule has 9 heteroatoms. The van der Waals surface area contributed by atoms with Crippen LogP contribution in [0, 0.1) is 5.82 Å². The molecule has 5 rings (SSSR count). The van der Waals surface area contributed by atoms with Crippen molar-refractivity contribution in [2.24, 2.45) is 0 Å². The van der Waals surface area contributed by atoms with Crippen LogP contribution in [-0.4, -0.2) is 53.5 Å². The number of anilines is 2. The summed E-state index contributed by atoms with van der Waals surface area (Å²) >= 11 is 0. The summed E-state index contributed by atoms with van der Waals surface area (Å²) in [6.07, 6.45) is 1.09. The monoisotopic (exact) mass is 435 g/mol. The largest absolute Gasteiger partial charge is 0.371 e. The number of nitrogens with one attached hydrogen (secondary N) is 3. The first-order valence-corrected chi connectivity index (χ1v) is 10.4. The zero-order valence-electron chi connectivity index (χ0n) is 17.1. The molecule has 0 saturated carbocycles. The number of aromatic nitrogens is 2. The Morgan fingerprint density at radius 1 is 0.969 bits per heavy atom. The molecule has 2 saturated heterocycles. The van der Waals surface area contributed by atoms with Crippen molar-refractivity contribution in [2.75, 3.05) is 23.8 Å². The average molecular weight is 435 g/mol. The van der Waals surface area contributed by atoms with Gasteiger partial charge in [-0.2, -0.15) is 0 Å². The molecule has 3 aromatic rings. The molecule has 4 atom stereocenters. The summed E-state index contributed by atoms with van der Waals surface area (Å²) in [4.78, 5) is 21.1. The number of carbonyl (C=O) groups excluding carboxylic acids is 1. The van der Waals surface area contributed by atoms with E-state index in [0.717, 1.165) is 0 Å². The number of para-hydroxylation sites is 1. The summed E-state index contributed by atoms with van der Waals surface area (Å²) in [5, 5.41) is 8.98. The Labute approximate surface area is 184 Å². The Morgan fingerprint density at radius 3 is 2.56 bits per heavy atom. The molecule has 0 radical (unpaired) electrons. The number of carbonyl (C=O) groups is 1. The van der Waals surface area contributed by atoms with E-state index in [1.807, 2.05) is 30.3 Å². The molecule has 3 N–H and O–H groups in total. The van der Waals surface area contributed by atoms with Gasteiger partial charge < -0.3 is 25.4 Å². The summed E-state index contributed by atoms with van der Waals surface area (Å²) in [5.74, 6) is 0.0831. The van der Waals surface area contributed by atoms with Crippen molar-refractivity contribution in [3.05, 3.63) is 72.7 Å². The van der Waals surface area contributed by atoms with Gasteiger partial charge in [-0.3, -0.25) is 0 Å². The summed E-state index contributed by atoms with van der Waals surface area (Å²) in [7, 11) is 0. The lowest BCUT2D eigenvalue weighted by molar-refractivity contribution is 0.0683. The second-order valence-electron chi connectivity index (χ2n) is 7.69. The van der Waals surface area contributed by atoms with E-state index in [1.165, 1.54) is 12.1 Å². The Morgan fingerprint density at radius 2 is 1.75 bits per heavy atom. The van der Waals surface area contributed by atoms with E-state index < -0.39 is 0 Å². The maximum absolute atomic E-state index is 13.6. The van der Waals surface area contributed by atoms with Crippen molar-refractivity contribution in [3.8, 4) is 11.3 Å². The Hall–Kier alpha value is -3.56. The molecule has 1 aromatic heterocycles. The molecular weight excluding hydrogens is 413 g/mol. The van der Waals surface area contributed by atoms with Crippen LogP contribution in [0.25, 0.3) is 11.3 Å². The molecule has 0 unspecified atom stereocenters. The van der Waals surface area contributed by atoms with E-state index in [1.54, 1.807) is 24.4 Å². The third kappa shape index (κ3) is 4.39. The SMILES string of the molecule is O=C(Nc1ccccc1)N[C@@H]1CO[C@@H]2[C@@H]1OC[C@@H]2Nc1nccc(-c2cccc(F)c2)n1. The summed E-state index contributed by atoms with van der Waals surface area (Å²) in [6.45, 7) is 0.737. The maximum atomic E-state index is 13.6. The highest BCUT2D eigenvalue weighted by Crippen LogP contribution is 2.29. The van der Waals surface area contributed by atoms with E-state index >= 15 is 0 Å². The van der Waals surface area contributed by atoms with E-state index in [0.29, 0.717) is 36.1 Å². The number of amides is 2. The van der Waals surface area contributed by atoms with Crippen LogP contribution in [0.2, 0.25) is 0 Å². The van der Waals surface area contributed by atoms with Crippen LogP contribution in [0.1, 0.15) is 0 Å². The fourth-order valence-electron chi connectivity index (χ4n) is 4.01. The summed E-state index contributed by atoms with van der Waals surface area (Å²) in [5.41, 5.74) is 1.99. The van der Waals surface area contributed by atoms with Crippen molar-refractivity contribution in [1.82, 2.24) is 15.3 Å². The topological polar surface area (TPSA) is 97.4 Å². The summed E-state index contributed by atoms with van der Waals surface area (Å²) in [6, 6.07) is 16.5. The standard InChI is InChI=1S/C23H22FN5O3/c24-15-6-4-5-14(11-15)17-9-10-25-22(27-17)28-18-12-31-21-19(13-32-20(18)21)29-23(30)26-16-7-2-1-3-8-16/h1-11,18-21H,12-13H2,(H,25,27,28)(H2,26,29,30)/t18-,19+,20-,21+/m0/s1. The van der Waals surface area contributed by atoms with Gasteiger partial charge in [-0.1, -0.05) is 30.3 Å². The van der Waals surface area contributed by atoms with E-state index in [9.17, 15) is 9.18 Å². The van der Waals surface area contributed by atoms with Crippen LogP contribution in [0.3, 0.4) is 0 Å². The fourth-order valence-corrected chi connectivity index (χ4v) is 4.01. The van der Waals surface area contributed by atoms with E-state index in [-0.39, 0.29) is 36.1 Å². The third-order valence-electron chi connectivity index (χ3n) is 5.49. The minimum Gasteiger partial charge on any atom is -0.371 e. The van der Waals surface area contributed by atoms with Crippen molar-refractivity contribution < 1.29 is 18.7 Å². The quantitative estimate of drug-likeness (QED) is 0.570.